The summed E-state index contributed by atoms with van der Waals surface area (Å²) in [6.07, 6.45) is 0. The number of hydrogen-bond donors (Lipinski definition) is 0. The minimum absolute atomic E-state index is 0.0636. The average molecular weight is 336 g/mol. The first-order valence-corrected chi connectivity index (χ1v) is 7.89. The predicted molar refractivity (Wildman–Crippen MR) is 81.1 cm³/mol. The lowest BCUT2D eigenvalue weighted by Crippen LogP contribution is -2.10. The van der Waals surface area contributed by atoms with Crippen LogP contribution in [0.3, 0.4) is 0 Å². The van der Waals surface area contributed by atoms with E-state index in [1.54, 1.807) is 6.07 Å². The smallest absolute Gasteiger partial charge is 0.258 e. The van der Waals surface area contributed by atoms with Crippen molar-refractivity contribution in [2.45, 2.75) is 23.6 Å². The van der Waals surface area contributed by atoms with Crippen molar-refractivity contribution in [2.24, 2.45) is 0 Å². The number of aryl methyl sites for hydroxylation is 1. The van der Waals surface area contributed by atoms with Crippen molar-refractivity contribution >= 4 is 21.2 Å². The fourth-order valence-corrected chi connectivity index (χ4v) is 3.71. The van der Waals surface area contributed by atoms with Crippen LogP contribution in [-0.2, 0) is 9.84 Å². The van der Waals surface area contributed by atoms with Crippen molar-refractivity contribution in [1.29, 1.82) is 0 Å². The summed E-state index contributed by atoms with van der Waals surface area (Å²) in [5.74, 6) is 0. The van der Waals surface area contributed by atoms with Gasteiger partial charge in [0.15, 0.2) is 4.90 Å². The molecule has 0 aliphatic heterocycles. The summed E-state index contributed by atoms with van der Waals surface area (Å²) in [7, 11) is -4.26. The second-order valence-corrected chi connectivity index (χ2v) is 6.76. The van der Waals surface area contributed by atoms with E-state index in [0.29, 0.717) is 0 Å². The third kappa shape index (κ3) is 2.78. The van der Waals surface area contributed by atoms with Gasteiger partial charge in [-0.15, -0.1) is 0 Å². The molecule has 0 bridgehead atoms. The molecule has 2 rings (SSSR count). The van der Waals surface area contributed by atoms with Crippen LogP contribution in [0.2, 0.25) is 0 Å². The zero-order chi connectivity index (χ0) is 17.4. The topological polar surface area (TPSA) is 120 Å². The lowest BCUT2D eigenvalue weighted by atomic mass is 10.1. The quantitative estimate of drug-likeness (QED) is 0.625. The summed E-state index contributed by atoms with van der Waals surface area (Å²) in [5, 5.41) is 22.5. The third-order valence-electron chi connectivity index (χ3n) is 3.46. The maximum atomic E-state index is 12.7. The Hall–Kier alpha value is -2.81. The Balaban J connectivity index is 2.93. The van der Waals surface area contributed by atoms with Crippen molar-refractivity contribution in [3.05, 3.63) is 67.8 Å². The van der Waals surface area contributed by atoms with Crippen LogP contribution in [0, 0.1) is 34.1 Å². The highest BCUT2D eigenvalue weighted by Crippen LogP contribution is 2.40. The van der Waals surface area contributed by atoms with Crippen LogP contribution in [0.15, 0.2) is 46.2 Å². The molecule has 0 amide bonds. The SMILES string of the molecule is Cc1cc(S(=O)(=O)c2ccccc2)c([N+](=O)[O-])c([N+](=O)[O-])c1C. The molecular formula is C14H12N2O6S. The van der Waals surface area contributed by atoms with E-state index in [2.05, 4.69) is 0 Å². The normalized spacial score (nSPS) is 11.2. The number of hydrogen-bond acceptors (Lipinski definition) is 6. The Bertz CT molecular complexity index is 907. The molecule has 0 aliphatic carbocycles. The van der Waals surface area contributed by atoms with Crippen LogP contribution in [0.4, 0.5) is 11.4 Å². The van der Waals surface area contributed by atoms with Crippen LogP contribution in [0.5, 0.6) is 0 Å². The van der Waals surface area contributed by atoms with Gasteiger partial charge in [-0.2, -0.15) is 0 Å². The first-order chi connectivity index (χ1) is 10.7. The summed E-state index contributed by atoms with van der Waals surface area (Å²) >= 11 is 0. The molecule has 23 heavy (non-hydrogen) atoms. The van der Waals surface area contributed by atoms with E-state index in [1.165, 1.54) is 38.1 Å². The second kappa shape index (κ2) is 5.76. The van der Waals surface area contributed by atoms with Crippen molar-refractivity contribution < 1.29 is 18.3 Å². The Morgan fingerprint density at radius 1 is 0.913 bits per heavy atom. The molecule has 120 valence electrons. The first kappa shape index (κ1) is 16.6. The van der Waals surface area contributed by atoms with Gasteiger partial charge in [-0.3, -0.25) is 20.2 Å². The fourth-order valence-electron chi connectivity index (χ4n) is 2.19. The van der Waals surface area contributed by atoms with Gasteiger partial charge < -0.3 is 0 Å². The van der Waals surface area contributed by atoms with Crippen LogP contribution < -0.4 is 0 Å². The zero-order valence-corrected chi connectivity index (χ0v) is 13.0. The number of rotatable bonds is 4. The number of benzene rings is 2. The highest BCUT2D eigenvalue weighted by atomic mass is 32.2. The minimum Gasteiger partial charge on any atom is -0.258 e. The van der Waals surface area contributed by atoms with Crippen LogP contribution >= 0.6 is 0 Å². The Labute approximate surface area is 131 Å². The van der Waals surface area contributed by atoms with Gasteiger partial charge in [0.2, 0.25) is 9.84 Å². The minimum atomic E-state index is -4.26. The molecule has 2 aromatic rings. The summed E-state index contributed by atoms with van der Waals surface area (Å²) in [6.45, 7) is 2.81. The zero-order valence-electron chi connectivity index (χ0n) is 12.2. The first-order valence-electron chi connectivity index (χ1n) is 6.41. The van der Waals surface area contributed by atoms with Gasteiger partial charge in [0.1, 0.15) is 0 Å². The van der Waals surface area contributed by atoms with E-state index in [-0.39, 0.29) is 16.0 Å². The Morgan fingerprint density at radius 2 is 1.43 bits per heavy atom. The van der Waals surface area contributed by atoms with Crippen LogP contribution in [-0.4, -0.2) is 18.3 Å². The maximum absolute atomic E-state index is 12.7. The van der Waals surface area contributed by atoms with E-state index in [0.717, 1.165) is 6.07 Å². The summed E-state index contributed by atoms with van der Waals surface area (Å²) in [5.41, 5.74) is -1.46. The van der Waals surface area contributed by atoms with Crippen LogP contribution in [0.25, 0.3) is 0 Å². The predicted octanol–water partition coefficient (Wildman–Crippen LogP) is 2.95. The molecule has 0 aliphatic rings. The van der Waals surface area contributed by atoms with E-state index < -0.39 is 36.0 Å². The van der Waals surface area contributed by atoms with Crippen molar-refractivity contribution in [3.63, 3.8) is 0 Å². The molecule has 0 N–H and O–H groups in total. The molecule has 0 saturated heterocycles. The molecule has 0 aromatic heterocycles. The van der Waals surface area contributed by atoms with Crippen LogP contribution in [0.1, 0.15) is 11.1 Å². The summed E-state index contributed by atoms with van der Waals surface area (Å²) in [4.78, 5) is 19.7. The lowest BCUT2D eigenvalue weighted by molar-refractivity contribution is -0.424. The Kier molecular flexibility index (Phi) is 4.15. The number of nitro groups is 2. The lowest BCUT2D eigenvalue weighted by Gasteiger charge is -2.09. The van der Waals surface area contributed by atoms with E-state index in [1.807, 2.05) is 0 Å². The van der Waals surface area contributed by atoms with E-state index >= 15 is 0 Å². The monoisotopic (exact) mass is 336 g/mol. The van der Waals surface area contributed by atoms with Crippen molar-refractivity contribution in [2.75, 3.05) is 0 Å². The standard InChI is InChI=1S/C14H12N2O6S/c1-9-8-12(23(21,22)11-6-4-3-5-7-11)14(16(19)20)13(10(9)2)15(17)18/h3-8H,1-2H3. The molecule has 0 radical (unpaired) electrons. The largest absolute Gasteiger partial charge is 0.365 e. The molecule has 0 spiro atoms. The number of nitrogens with zero attached hydrogens (tertiary/aromatic N) is 2. The van der Waals surface area contributed by atoms with Gasteiger partial charge in [0.05, 0.1) is 14.7 Å². The Morgan fingerprint density at radius 3 is 1.91 bits per heavy atom. The van der Waals surface area contributed by atoms with Gasteiger partial charge in [0.25, 0.3) is 0 Å². The van der Waals surface area contributed by atoms with E-state index in [9.17, 15) is 28.6 Å². The fraction of sp³-hybridized carbons (Fsp3) is 0.143. The molecule has 0 unspecified atom stereocenters. The highest BCUT2D eigenvalue weighted by Gasteiger charge is 2.38. The van der Waals surface area contributed by atoms with Gasteiger partial charge in [-0.05, 0) is 37.6 Å². The van der Waals surface area contributed by atoms with E-state index in [4.69, 9.17) is 0 Å². The van der Waals surface area contributed by atoms with Gasteiger partial charge >= 0.3 is 11.4 Å². The number of nitro benzene ring substituents is 2. The molecule has 8 nitrogen and oxygen atoms in total. The van der Waals surface area contributed by atoms with Crippen molar-refractivity contribution in [3.8, 4) is 0 Å². The molecule has 0 atom stereocenters. The molecule has 9 heteroatoms. The summed E-state index contributed by atoms with van der Waals surface area (Å²) < 4.78 is 25.3. The molecule has 2 aromatic carbocycles. The van der Waals surface area contributed by atoms with Gasteiger partial charge in [0, 0.05) is 5.56 Å². The van der Waals surface area contributed by atoms with Gasteiger partial charge in [-0.1, -0.05) is 18.2 Å². The number of sulfone groups is 1. The highest BCUT2D eigenvalue weighted by molar-refractivity contribution is 7.91. The molecule has 0 heterocycles. The van der Waals surface area contributed by atoms with Crippen molar-refractivity contribution in [1.82, 2.24) is 0 Å². The average Bonchev–Trinajstić information content (AvgIpc) is 2.49. The third-order valence-corrected chi connectivity index (χ3v) is 5.24. The second-order valence-electron chi connectivity index (χ2n) is 4.84. The summed E-state index contributed by atoms with van der Waals surface area (Å²) in [6, 6.07) is 8.18. The molecular weight excluding hydrogens is 324 g/mol. The molecule has 0 fully saturated rings. The molecule has 0 saturated carbocycles. The maximum Gasteiger partial charge on any atom is 0.365 e. The van der Waals surface area contributed by atoms with Gasteiger partial charge in [-0.25, -0.2) is 8.42 Å².